The lowest BCUT2D eigenvalue weighted by Crippen LogP contribution is -2.18. The van der Waals surface area contributed by atoms with Gasteiger partial charge in [0, 0.05) is 23.2 Å². The summed E-state index contributed by atoms with van der Waals surface area (Å²) in [4.78, 5) is 26.1. The minimum Gasteiger partial charge on any atom is -0.395 e. The van der Waals surface area contributed by atoms with Crippen molar-refractivity contribution in [2.24, 2.45) is 5.73 Å². The van der Waals surface area contributed by atoms with Gasteiger partial charge in [0.05, 0.1) is 40.9 Å². The summed E-state index contributed by atoms with van der Waals surface area (Å²) in [6, 6.07) is 9.77. The number of carbonyl (C=O) groups excluding carboxylic acids is 1. The molecule has 11 heteroatoms. The Hall–Kier alpha value is -4.80. The van der Waals surface area contributed by atoms with Crippen molar-refractivity contribution in [3.63, 3.8) is 0 Å². The van der Waals surface area contributed by atoms with E-state index in [9.17, 15) is 4.79 Å². The van der Waals surface area contributed by atoms with Crippen LogP contribution in [0.3, 0.4) is 0 Å². The van der Waals surface area contributed by atoms with Crippen LogP contribution in [-0.2, 0) is 0 Å². The summed E-state index contributed by atoms with van der Waals surface area (Å²) in [6.45, 7) is 1.95. The van der Waals surface area contributed by atoms with Gasteiger partial charge in [0.2, 0.25) is 0 Å². The van der Waals surface area contributed by atoms with E-state index in [1.807, 2.05) is 35.9 Å². The molecule has 0 atom stereocenters. The van der Waals surface area contributed by atoms with Crippen LogP contribution < -0.4 is 16.8 Å². The van der Waals surface area contributed by atoms with Gasteiger partial charge in [-0.25, -0.2) is 19.6 Å². The largest absolute Gasteiger partial charge is 0.395 e. The van der Waals surface area contributed by atoms with Crippen molar-refractivity contribution in [2.75, 3.05) is 11.1 Å². The third kappa shape index (κ3) is 3.53. The predicted octanol–water partition coefficient (Wildman–Crippen LogP) is 3.35. The number of nitrogens with two attached hydrogens (primary N) is 2. The molecule has 35 heavy (non-hydrogen) atoms. The van der Waals surface area contributed by atoms with Gasteiger partial charge in [-0.15, -0.1) is 0 Å². The maximum absolute atomic E-state index is 12.3. The van der Waals surface area contributed by atoms with Gasteiger partial charge in [-0.3, -0.25) is 9.89 Å². The number of hydrogen-bond acceptors (Lipinski definition) is 8. The lowest BCUT2D eigenvalue weighted by atomic mass is 9.99. The number of carbonyl (C=O) groups is 1. The number of hydrogen-bond donors (Lipinski definition) is 4. The summed E-state index contributed by atoms with van der Waals surface area (Å²) in [6.07, 6.45) is 7.32. The number of nitrogens with zero attached hydrogens (tertiary/aromatic N) is 6. The molecule has 174 valence electrons. The quantitative estimate of drug-likeness (QED) is 0.295. The number of aromatic nitrogens is 7. The van der Waals surface area contributed by atoms with Crippen LogP contribution in [0.1, 0.15) is 34.9 Å². The van der Waals surface area contributed by atoms with Gasteiger partial charge in [-0.05, 0) is 43.5 Å². The topological polar surface area (TPSA) is 166 Å². The van der Waals surface area contributed by atoms with E-state index in [0.29, 0.717) is 23.1 Å². The Labute approximate surface area is 199 Å². The molecule has 1 aliphatic rings. The molecule has 4 aromatic heterocycles. The van der Waals surface area contributed by atoms with Crippen LogP contribution in [0.15, 0.2) is 48.9 Å². The highest BCUT2D eigenvalue weighted by molar-refractivity contribution is 6.04. The Morgan fingerprint density at radius 1 is 1.17 bits per heavy atom. The van der Waals surface area contributed by atoms with Crippen molar-refractivity contribution in [1.82, 2.24) is 34.9 Å². The highest BCUT2D eigenvalue weighted by Crippen LogP contribution is 2.39. The summed E-state index contributed by atoms with van der Waals surface area (Å²) in [5.41, 5.74) is 15.6. The molecule has 1 aromatic carbocycles. The van der Waals surface area contributed by atoms with E-state index >= 15 is 0 Å². The molecular weight excluding hydrogens is 444 g/mol. The number of nitrogen functional groups attached to an aromatic ring is 1. The Kier molecular flexibility index (Phi) is 4.69. The zero-order valence-electron chi connectivity index (χ0n) is 18.9. The third-order valence-corrected chi connectivity index (χ3v) is 6.11. The van der Waals surface area contributed by atoms with E-state index in [0.717, 1.165) is 40.7 Å². The second-order valence-corrected chi connectivity index (χ2v) is 8.53. The molecule has 1 saturated carbocycles. The second kappa shape index (κ2) is 7.90. The number of nitrogens with one attached hydrogen (secondary N) is 2. The summed E-state index contributed by atoms with van der Waals surface area (Å²) in [5.74, 6) is 0.877. The molecule has 0 spiro atoms. The Balaban J connectivity index is 1.54. The number of amides is 1. The lowest BCUT2D eigenvalue weighted by Gasteiger charge is -2.15. The van der Waals surface area contributed by atoms with E-state index in [1.54, 1.807) is 24.7 Å². The Morgan fingerprint density at radius 2 is 2.03 bits per heavy atom. The molecule has 1 fully saturated rings. The van der Waals surface area contributed by atoms with E-state index in [4.69, 9.17) is 16.5 Å². The molecule has 0 unspecified atom stereocenters. The first-order valence-corrected chi connectivity index (χ1v) is 11.2. The first kappa shape index (κ1) is 20.8. The molecule has 6 N–H and O–H groups in total. The fourth-order valence-electron chi connectivity index (χ4n) is 4.24. The van der Waals surface area contributed by atoms with Crippen LogP contribution in [-0.4, -0.2) is 40.8 Å². The molecular formula is C24H22N10O. The van der Waals surface area contributed by atoms with E-state index in [-0.39, 0.29) is 17.2 Å². The maximum atomic E-state index is 12.3. The number of aryl methyl sites for hydroxylation is 1. The highest BCUT2D eigenvalue weighted by Gasteiger charge is 2.27. The zero-order chi connectivity index (χ0) is 24.1. The second-order valence-electron chi connectivity index (χ2n) is 8.53. The molecule has 4 heterocycles. The lowest BCUT2D eigenvalue weighted by molar-refractivity contribution is 0.0996. The van der Waals surface area contributed by atoms with Gasteiger partial charge in [0.25, 0.3) is 5.91 Å². The number of aromatic amines is 1. The molecule has 0 saturated heterocycles. The van der Waals surface area contributed by atoms with Gasteiger partial charge < -0.3 is 16.8 Å². The fourth-order valence-corrected chi connectivity index (χ4v) is 4.24. The summed E-state index contributed by atoms with van der Waals surface area (Å²) < 4.78 is 1.95. The number of anilines is 3. The summed E-state index contributed by atoms with van der Waals surface area (Å²) in [7, 11) is 0. The molecule has 6 rings (SSSR count). The average Bonchev–Trinajstić information content (AvgIpc) is 3.39. The zero-order valence-corrected chi connectivity index (χ0v) is 18.9. The summed E-state index contributed by atoms with van der Waals surface area (Å²) in [5, 5.41) is 15.7. The molecule has 1 amide bonds. The number of benzene rings is 1. The van der Waals surface area contributed by atoms with Crippen molar-refractivity contribution in [3.8, 4) is 22.6 Å². The first-order chi connectivity index (χ1) is 17.0. The van der Waals surface area contributed by atoms with Crippen LogP contribution in [0.5, 0.6) is 0 Å². The monoisotopic (exact) mass is 466 g/mol. The van der Waals surface area contributed by atoms with E-state index in [2.05, 4.69) is 30.6 Å². The number of pyridine rings is 1. The average molecular weight is 467 g/mol. The Morgan fingerprint density at radius 3 is 2.83 bits per heavy atom. The maximum Gasteiger partial charge on any atom is 0.269 e. The normalized spacial score (nSPS) is 13.3. The van der Waals surface area contributed by atoms with Crippen LogP contribution in [0.2, 0.25) is 0 Å². The van der Waals surface area contributed by atoms with Crippen LogP contribution >= 0.6 is 0 Å². The van der Waals surface area contributed by atoms with Gasteiger partial charge in [0.15, 0.2) is 11.5 Å². The van der Waals surface area contributed by atoms with Gasteiger partial charge in [-0.2, -0.15) is 10.2 Å². The van der Waals surface area contributed by atoms with Crippen LogP contribution in [0, 0.1) is 6.92 Å². The molecule has 11 nitrogen and oxygen atoms in total. The molecule has 5 aromatic rings. The first-order valence-electron chi connectivity index (χ1n) is 11.2. The van der Waals surface area contributed by atoms with Crippen molar-refractivity contribution < 1.29 is 4.79 Å². The molecule has 0 bridgehead atoms. The van der Waals surface area contributed by atoms with Gasteiger partial charge in [0.1, 0.15) is 11.6 Å². The standard InChI is InChI=1S/C24H22N10O/c1-12-4-7-16-15(11-28-33-16)18(12)20-19(25)21(22(26)35)32-24(31-20)14-3-2-9-27-23(14)30-17-8-10-29-34(17)13-5-6-13/h2-4,7-11,13H,5-6,25H2,1H3,(H2,26,35)(H,27,30)(H,28,33). The smallest absolute Gasteiger partial charge is 0.269 e. The summed E-state index contributed by atoms with van der Waals surface area (Å²) >= 11 is 0. The van der Waals surface area contributed by atoms with Crippen molar-refractivity contribution >= 4 is 34.1 Å². The Bertz CT molecular complexity index is 1600. The van der Waals surface area contributed by atoms with Crippen LogP contribution in [0.25, 0.3) is 33.5 Å². The SMILES string of the molecule is Cc1ccc2[nH]ncc2c1-c1nc(-c2cccnc2Nc2ccnn2C2CC2)nc(C(N)=O)c1N. The minimum absolute atomic E-state index is 0.0530. The van der Waals surface area contributed by atoms with Gasteiger partial charge in [-0.1, -0.05) is 6.07 Å². The minimum atomic E-state index is -0.741. The number of rotatable bonds is 6. The molecule has 0 aliphatic heterocycles. The van der Waals surface area contributed by atoms with Crippen LogP contribution in [0.4, 0.5) is 17.3 Å². The molecule has 0 radical (unpaired) electrons. The number of primary amides is 1. The van der Waals surface area contributed by atoms with Gasteiger partial charge >= 0.3 is 0 Å². The number of H-pyrrole nitrogens is 1. The van der Waals surface area contributed by atoms with Crippen molar-refractivity contribution in [1.29, 1.82) is 0 Å². The van der Waals surface area contributed by atoms with Crippen molar-refractivity contribution in [3.05, 3.63) is 60.2 Å². The van der Waals surface area contributed by atoms with E-state index in [1.165, 1.54) is 0 Å². The van der Waals surface area contributed by atoms with E-state index < -0.39 is 5.91 Å². The number of fused-ring (bicyclic) bond motifs is 1. The molecule has 1 aliphatic carbocycles. The van der Waals surface area contributed by atoms with Crippen molar-refractivity contribution in [2.45, 2.75) is 25.8 Å². The fraction of sp³-hybridized carbons (Fsp3) is 0.167. The predicted molar refractivity (Wildman–Crippen MR) is 132 cm³/mol. The highest BCUT2D eigenvalue weighted by atomic mass is 16.1. The third-order valence-electron chi connectivity index (χ3n) is 6.11.